The van der Waals surface area contributed by atoms with Crippen molar-refractivity contribution in [1.82, 2.24) is 19.3 Å². The van der Waals surface area contributed by atoms with E-state index >= 15 is 0 Å². The van der Waals surface area contributed by atoms with Gasteiger partial charge in [-0.05, 0) is 50.5 Å². The zero-order valence-corrected chi connectivity index (χ0v) is 20.6. The van der Waals surface area contributed by atoms with Gasteiger partial charge >= 0.3 is 0 Å². The number of para-hydroxylation sites is 1. The molecule has 0 radical (unpaired) electrons. The van der Waals surface area contributed by atoms with E-state index in [0.717, 1.165) is 33.5 Å². The lowest BCUT2D eigenvalue weighted by molar-refractivity contribution is 0.103. The van der Waals surface area contributed by atoms with Crippen molar-refractivity contribution in [2.45, 2.75) is 6.54 Å². The second kappa shape index (κ2) is 9.45. The highest BCUT2D eigenvalue weighted by Gasteiger charge is 2.16. The summed E-state index contributed by atoms with van der Waals surface area (Å²) in [5.41, 5.74) is 8.92. The molecule has 1 amide bonds. The fourth-order valence-electron chi connectivity index (χ4n) is 3.66. The van der Waals surface area contributed by atoms with Crippen LogP contribution in [0.25, 0.3) is 16.2 Å². The van der Waals surface area contributed by atoms with Gasteiger partial charge in [-0.3, -0.25) is 9.20 Å². The van der Waals surface area contributed by atoms with Gasteiger partial charge in [0.25, 0.3) is 5.91 Å². The molecule has 35 heavy (non-hydrogen) atoms. The van der Waals surface area contributed by atoms with Crippen LogP contribution in [0, 0.1) is 5.82 Å². The lowest BCUT2D eigenvalue weighted by atomic mass is 10.2. The Morgan fingerprint density at radius 2 is 1.91 bits per heavy atom. The zero-order valence-electron chi connectivity index (χ0n) is 18.9. The number of nitrogens with one attached hydrogen (secondary N) is 2. The molecule has 0 bridgehead atoms. The van der Waals surface area contributed by atoms with Crippen molar-refractivity contribution in [3.05, 3.63) is 77.3 Å². The molecule has 0 unspecified atom stereocenters. The number of halogens is 1. The van der Waals surface area contributed by atoms with Crippen LogP contribution in [0.5, 0.6) is 0 Å². The number of thiazole rings is 1. The van der Waals surface area contributed by atoms with Gasteiger partial charge in [-0.25, -0.2) is 14.4 Å². The summed E-state index contributed by atoms with van der Waals surface area (Å²) in [4.78, 5) is 25.2. The monoisotopic (exact) mass is 507 g/mol. The van der Waals surface area contributed by atoms with Gasteiger partial charge in [0.1, 0.15) is 17.2 Å². The van der Waals surface area contributed by atoms with E-state index < -0.39 is 11.7 Å². The van der Waals surface area contributed by atoms with Gasteiger partial charge in [0.15, 0.2) is 5.13 Å². The van der Waals surface area contributed by atoms with Crippen molar-refractivity contribution >= 4 is 55.7 Å². The molecule has 0 aliphatic carbocycles. The van der Waals surface area contributed by atoms with Crippen LogP contribution >= 0.6 is 22.7 Å². The molecule has 0 spiro atoms. The first kappa shape index (κ1) is 23.0. The van der Waals surface area contributed by atoms with E-state index in [2.05, 4.69) is 36.0 Å². The minimum absolute atomic E-state index is 0.0216. The van der Waals surface area contributed by atoms with E-state index in [-0.39, 0.29) is 11.4 Å². The molecule has 4 heterocycles. The maximum atomic E-state index is 14.0. The van der Waals surface area contributed by atoms with Gasteiger partial charge in [-0.2, -0.15) is 0 Å². The molecule has 0 saturated carbocycles. The average Bonchev–Trinajstić information content (AvgIpc) is 3.56. The number of rotatable bonds is 7. The predicted octanol–water partition coefficient (Wildman–Crippen LogP) is 5.30. The molecule has 8 nitrogen and oxygen atoms in total. The SMILES string of the molecule is CN(C)Cc1cccc2ncc(-c3cnc(Nc4ccc(C(=O)Nc5c(N)cccc5F)s4)s3)n12. The average molecular weight is 508 g/mol. The third-order valence-electron chi connectivity index (χ3n) is 5.19. The number of pyridine rings is 1. The Kier molecular flexibility index (Phi) is 6.20. The third kappa shape index (κ3) is 4.74. The molecule has 11 heteroatoms. The molecular formula is C24H22FN7OS2. The van der Waals surface area contributed by atoms with Crippen molar-refractivity contribution < 1.29 is 9.18 Å². The number of amides is 1. The minimum Gasteiger partial charge on any atom is -0.397 e. The first-order chi connectivity index (χ1) is 16.9. The lowest BCUT2D eigenvalue weighted by Gasteiger charge is -2.13. The summed E-state index contributed by atoms with van der Waals surface area (Å²) in [6.45, 7) is 0.781. The number of imidazole rings is 1. The quantitative estimate of drug-likeness (QED) is 0.259. The smallest absolute Gasteiger partial charge is 0.265 e. The van der Waals surface area contributed by atoms with Gasteiger partial charge in [0.05, 0.1) is 32.3 Å². The molecule has 4 aromatic heterocycles. The molecule has 0 fully saturated rings. The van der Waals surface area contributed by atoms with Gasteiger partial charge in [-0.1, -0.05) is 23.5 Å². The summed E-state index contributed by atoms with van der Waals surface area (Å²) in [6, 6.07) is 13.8. The van der Waals surface area contributed by atoms with Gasteiger partial charge in [0, 0.05) is 18.4 Å². The number of anilines is 4. The molecule has 0 aliphatic heterocycles. The van der Waals surface area contributed by atoms with Gasteiger partial charge in [-0.15, -0.1) is 11.3 Å². The van der Waals surface area contributed by atoms with Crippen molar-refractivity contribution in [2.75, 3.05) is 30.5 Å². The van der Waals surface area contributed by atoms with Crippen molar-refractivity contribution in [3.63, 3.8) is 0 Å². The topological polar surface area (TPSA) is 101 Å². The number of benzene rings is 1. The number of nitrogens with zero attached hydrogens (tertiary/aromatic N) is 4. The highest BCUT2D eigenvalue weighted by atomic mass is 32.1. The van der Waals surface area contributed by atoms with Crippen molar-refractivity contribution in [3.8, 4) is 10.6 Å². The predicted molar refractivity (Wildman–Crippen MR) is 140 cm³/mol. The highest BCUT2D eigenvalue weighted by Crippen LogP contribution is 2.34. The molecule has 178 valence electrons. The Morgan fingerprint density at radius 1 is 1.09 bits per heavy atom. The first-order valence-corrected chi connectivity index (χ1v) is 12.3. The minimum atomic E-state index is -0.579. The Hall–Kier alpha value is -3.80. The van der Waals surface area contributed by atoms with E-state index in [1.54, 1.807) is 12.1 Å². The van der Waals surface area contributed by atoms with Crippen LogP contribution in [-0.4, -0.2) is 39.3 Å². The summed E-state index contributed by atoms with van der Waals surface area (Å²) < 4.78 is 16.1. The Bertz CT molecular complexity index is 1500. The second-order valence-corrected chi connectivity index (χ2v) is 10.2. The Labute approximate surface area is 208 Å². The van der Waals surface area contributed by atoms with E-state index in [1.165, 1.54) is 40.9 Å². The number of aromatic nitrogens is 3. The molecule has 0 saturated heterocycles. The van der Waals surface area contributed by atoms with E-state index in [1.807, 2.05) is 38.6 Å². The number of carbonyl (C=O) groups excluding carboxylic acids is 1. The van der Waals surface area contributed by atoms with Gasteiger partial charge in [0.2, 0.25) is 0 Å². The summed E-state index contributed by atoms with van der Waals surface area (Å²) in [6.07, 6.45) is 3.67. The Morgan fingerprint density at radius 3 is 2.71 bits per heavy atom. The maximum Gasteiger partial charge on any atom is 0.265 e. The fraction of sp³-hybridized carbons (Fsp3) is 0.125. The fourth-order valence-corrected chi connectivity index (χ4v) is 5.35. The maximum absolute atomic E-state index is 14.0. The molecule has 4 N–H and O–H groups in total. The molecule has 0 aliphatic rings. The van der Waals surface area contributed by atoms with E-state index in [0.29, 0.717) is 10.0 Å². The lowest BCUT2D eigenvalue weighted by Crippen LogP contribution is -2.13. The highest BCUT2D eigenvalue weighted by molar-refractivity contribution is 7.20. The number of hydrogen-bond donors (Lipinski definition) is 3. The van der Waals surface area contributed by atoms with E-state index in [9.17, 15) is 9.18 Å². The zero-order chi connectivity index (χ0) is 24.5. The molecule has 1 aromatic carbocycles. The van der Waals surface area contributed by atoms with Crippen LogP contribution in [0.4, 0.5) is 25.9 Å². The number of hydrogen-bond acceptors (Lipinski definition) is 8. The van der Waals surface area contributed by atoms with Crippen molar-refractivity contribution in [2.24, 2.45) is 0 Å². The van der Waals surface area contributed by atoms with Gasteiger partial charge < -0.3 is 21.3 Å². The number of fused-ring (bicyclic) bond motifs is 1. The summed E-state index contributed by atoms with van der Waals surface area (Å²) in [5.74, 6) is -1.01. The van der Waals surface area contributed by atoms with Crippen LogP contribution < -0.4 is 16.4 Å². The molecular weight excluding hydrogens is 485 g/mol. The van der Waals surface area contributed by atoms with Crippen LogP contribution in [0.1, 0.15) is 15.4 Å². The first-order valence-electron chi connectivity index (χ1n) is 10.7. The number of nitrogen functional groups attached to an aromatic ring is 1. The summed E-state index contributed by atoms with van der Waals surface area (Å²) in [5, 5.41) is 7.23. The van der Waals surface area contributed by atoms with Crippen LogP contribution in [0.3, 0.4) is 0 Å². The third-order valence-corrected chi connectivity index (χ3v) is 7.13. The molecule has 5 aromatic rings. The normalized spacial score (nSPS) is 11.3. The Balaban J connectivity index is 1.34. The standard InChI is InChI=1S/C24H22FN7OS2/c1-31(2)13-14-5-3-8-20-27-11-17(32(14)20)19-12-28-24(35-19)29-21-10-9-18(34-21)23(33)30-22-15(25)6-4-7-16(22)26/h3-12H,13,26H2,1-2H3,(H,28,29)(H,30,33). The number of thiophene rings is 1. The van der Waals surface area contributed by atoms with Crippen molar-refractivity contribution in [1.29, 1.82) is 0 Å². The van der Waals surface area contributed by atoms with E-state index in [4.69, 9.17) is 5.73 Å². The summed E-state index contributed by atoms with van der Waals surface area (Å²) >= 11 is 2.74. The number of carbonyl (C=O) groups is 1. The second-order valence-electron chi connectivity index (χ2n) is 8.07. The molecule has 5 rings (SSSR count). The number of nitrogens with two attached hydrogens (primary N) is 1. The van der Waals surface area contributed by atoms with Crippen LogP contribution in [0.2, 0.25) is 0 Å². The van der Waals surface area contributed by atoms with Crippen LogP contribution in [0.15, 0.2) is 60.9 Å². The summed E-state index contributed by atoms with van der Waals surface area (Å²) in [7, 11) is 4.07. The van der Waals surface area contributed by atoms with Crippen LogP contribution in [-0.2, 0) is 6.54 Å². The largest absolute Gasteiger partial charge is 0.397 e. The molecule has 0 atom stereocenters.